The van der Waals surface area contributed by atoms with Crippen LogP contribution in [-0.2, 0) is 22.4 Å². The maximum atomic E-state index is 5.53. The molecular weight excluding hydrogens is 252 g/mol. The van der Waals surface area contributed by atoms with E-state index in [-0.39, 0.29) is 0 Å². The number of ether oxygens (including phenoxy) is 2. The third-order valence-corrected chi connectivity index (χ3v) is 3.31. The molecule has 0 radical (unpaired) electrons. The number of aryl methyl sites for hydroxylation is 2. The number of benzene rings is 1. The molecule has 0 unspecified atom stereocenters. The Kier molecular flexibility index (Phi) is 6.02. The molecule has 4 nitrogen and oxygen atoms in total. The Balaban J connectivity index is 1.98. The molecule has 0 saturated heterocycles. The summed E-state index contributed by atoms with van der Waals surface area (Å²) in [6.07, 6.45) is 3.15. The first-order chi connectivity index (χ1) is 9.86. The van der Waals surface area contributed by atoms with Crippen molar-refractivity contribution in [3.8, 4) is 0 Å². The van der Waals surface area contributed by atoms with E-state index in [0.29, 0.717) is 13.2 Å². The van der Waals surface area contributed by atoms with E-state index in [9.17, 15) is 0 Å². The third-order valence-electron chi connectivity index (χ3n) is 3.31. The molecule has 1 aromatic carbocycles. The SMILES string of the molecule is CCCc1nc2ccccc2n1CCCOCCOC. The van der Waals surface area contributed by atoms with Crippen molar-refractivity contribution in [1.82, 2.24) is 9.55 Å². The molecule has 0 aliphatic carbocycles. The summed E-state index contributed by atoms with van der Waals surface area (Å²) in [6.45, 7) is 5.25. The highest BCUT2D eigenvalue weighted by molar-refractivity contribution is 5.75. The molecule has 2 aromatic rings. The zero-order chi connectivity index (χ0) is 14.2. The van der Waals surface area contributed by atoms with E-state index in [1.54, 1.807) is 7.11 Å². The highest BCUT2D eigenvalue weighted by Gasteiger charge is 2.08. The van der Waals surface area contributed by atoms with Gasteiger partial charge < -0.3 is 14.0 Å². The third kappa shape index (κ3) is 3.81. The van der Waals surface area contributed by atoms with Crippen LogP contribution in [0, 0.1) is 0 Å². The fourth-order valence-electron chi connectivity index (χ4n) is 2.36. The lowest BCUT2D eigenvalue weighted by Gasteiger charge is -2.09. The number of aromatic nitrogens is 2. The summed E-state index contributed by atoms with van der Waals surface area (Å²) in [6, 6.07) is 8.35. The van der Waals surface area contributed by atoms with Gasteiger partial charge in [-0.15, -0.1) is 0 Å². The average Bonchev–Trinajstić information content (AvgIpc) is 2.81. The molecule has 0 aliphatic rings. The van der Waals surface area contributed by atoms with Crippen molar-refractivity contribution in [2.24, 2.45) is 0 Å². The highest BCUT2D eigenvalue weighted by atomic mass is 16.5. The van der Waals surface area contributed by atoms with Crippen LogP contribution in [0.3, 0.4) is 0 Å². The van der Waals surface area contributed by atoms with Crippen LogP contribution in [0.4, 0.5) is 0 Å². The number of fused-ring (bicyclic) bond motifs is 1. The first-order valence-electron chi connectivity index (χ1n) is 7.37. The molecule has 0 atom stereocenters. The first kappa shape index (κ1) is 15.0. The van der Waals surface area contributed by atoms with Crippen LogP contribution in [-0.4, -0.2) is 36.5 Å². The molecular formula is C16H24N2O2. The smallest absolute Gasteiger partial charge is 0.109 e. The summed E-state index contributed by atoms with van der Waals surface area (Å²) < 4.78 is 12.8. The van der Waals surface area contributed by atoms with Crippen LogP contribution in [0.2, 0.25) is 0 Å². The molecule has 4 heteroatoms. The van der Waals surface area contributed by atoms with Gasteiger partial charge in [-0.25, -0.2) is 4.98 Å². The molecule has 0 spiro atoms. The van der Waals surface area contributed by atoms with Gasteiger partial charge in [0.25, 0.3) is 0 Å². The van der Waals surface area contributed by atoms with E-state index in [4.69, 9.17) is 14.5 Å². The lowest BCUT2D eigenvalue weighted by molar-refractivity contribution is 0.0680. The number of nitrogens with zero attached hydrogens (tertiary/aromatic N) is 2. The van der Waals surface area contributed by atoms with Crippen molar-refractivity contribution < 1.29 is 9.47 Å². The Hall–Kier alpha value is -1.39. The van der Waals surface area contributed by atoms with E-state index < -0.39 is 0 Å². The minimum absolute atomic E-state index is 0.662. The van der Waals surface area contributed by atoms with Gasteiger partial charge in [-0.1, -0.05) is 19.1 Å². The number of rotatable bonds is 9. The van der Waals surface area contributed by atoms with Crippen LogP contribution < -0.4 is 0 Å². The van der Waals surface area contributed by atoms with Gasteiger partial charge in [0, 0.05) is 26.7 Å². The van der Waals surface area contributed by atoms with Crippen molar-refractivity contribution in [1.29, 1.82) is 0 Å². The summed E-state index contributed by atoms with van der Waals surface area (Å²) in [5.41, 5.74) is 2.32. The van der Waals surface area contributed by atoms with E-state index >= 15 is 0 Å². The van der Waals surface area contributed by atoms with Crippen LogP contribution in [0.5, 0.6) is 0 Å². The maximum absolute atomic E-state index is 5.53. The molecule has 0 saturated carbocycles. The summed E-state index contributed by atoms with van der Waals surface area (Å²) in [5, 5.41) is 0. The lowest BCUT2D eigenvalue weighted by atomic mass is 10.3. The number of para-hydroxylation sites is 2. The minimum Gasteiger partial charge on any atom is -0.382 e. The van der Waals surface area contributed by atoms with Crippen molar-refractivity contribution in [3.63, 3.8) is 0 Å². The fourth-order valence-corrected chi connectivity index (χ4v) is 2.36. The van der Waals surface area contributed by atoms with Gasteiger partial charge in [-0.3, -0.25) is 0 Å². The molecule has 1 heterocycles. The van der Waals surface area contributed by atoms with Crippen LogP contribution in [0.15, 0.2) is 24.3 Å². The summed E-state index contributed by atoms with van der Waals surface area (Å²) in [7, 11) is 1.69. The van der Waals surface area contributed by atoms with E-state index in [1.165, 1.54) is 11.3 Å². The van der Waals surface area contributed by atoms with Crippen molar-refractivity contribution in [2.75, 3.05) is 26.9 Å². The predicted molar refractivity (Wildman–Crippen MR) is 81.0 cm³/mol. The molecule has 110 valence electrons. The van der Waals surface area contributed by atoms with Gasteiger partial charge in [0.2, 0.25) is 0 Å². The van der Waals surface area contributed by atoms with E-state index in [1.807, 2.05) is 6.07 Å². The average molecular weight is 276 g/mol. The number of hydrogen-bond donors (Lipinski definition) is 0. The van der Waals surface area contributed by atoms with Gasteiger partial charge >= 0.3 is 0 Å². The summed E-state index contributed by atoms with van der Waals surface area (Å²) in [5.74, 6) is 1.19. The molecule has 0 fully saturated rings. The van der Waals surface area contributed by atoms with E-state index in [2.05, 4.69) is 29.7 Å². The Morgan fingerprint density at radius 1 is 1.15 bits per heavy atom. The summed E-state index contributed by atoms with van der Waals surface area (Å²) in [4.78, 5) is 4.73. The van der Waals surface area contributed by atoms with Gasteiger partial charge in [0.1, 0.15) is 5.82 Å². The number of imidazole rings is 1. The standard InChI is InChI=1S/C16H24N2O2/c1-3-7-16-17-14-8-4-5-9-15(14)18(16)10-6-11-20-13-12-19-2/h4-5,8-9H,3,6-7,10-13H2,1-2H3. The first-order valence-corrected chi connectivity index (χ1v) is 7.37. The molecule has 0 N–H and O–H groups in total. The fraction of sp³-hybridized carbons (Fsp3) is 0.562. The van der Waals surface area contributed by atoms with Gasteiger partial charge in [-0.05, 0) is 25.0 Å². The van der Waals surface area contributed by atoms with Crippen LogP contribution >= 0.6 is 0 Å². The Morgan fingerprint density at radius 3 is 2.80 bits per heavy atom. The summed E-state index contributed by atoms with van der Waals surface area (Å²) >= 11 is 0. The second-order valence-corrected chi connectivity index (χ2v) is 4.88. The quantitative estimate of drug-likeness (QED) is 0.660. The number of hydrogen-bond acceptors (Lipinski definition) is 3. The van der Waals surface area contributed by atoms with E-state index in [0.717, 1.165) is 37.9 Å². The van der Waals surface area contributed by atoms with Crippen molar-refractivity contribution in [2.45, 2.75) is 32.7 Å². The molecule has 0 aliphatic heterocycles. The van der Waals surface area contributed by atoms with Gasteiger partial charge in [0.15, 0.2) is 0 Å². The van der Waals surface area contributed by atoms with Crippen LogP contribution in [0.25, 0.3) is 11.0 Å². The zero-order valence-electron chi connectivity index (χ0n) is 12.5. The minimum atomic E-state index is 0.662. The maximum Gasteiger partial charge on any atom is 0.109 e. The second kappa shape index (κ2) is 8.02. The van der Waals surface area contributed by atoms with Gasteiger partial charge in [-0.2, -0.15) is 0 Å². The zero-order valence-corrected chi connectivity index (χ0v) is 12.5. The molecule has 1 aromatic heterocycles. The molecule has 2 rings (SSSR count). The largest absolute Gasteiger partial charge is 0.382 e. The predicted octanol–water partition coefficient (Wildman–Crippen LogP) is 3.04. The van der Waals surface area contributed by atoms with Crippen molar-refractivity contribution >= 4 is 11.0 Å². The molecule has 0 bridgehead atoms. The second-order valence-electron chi connectivity index (χ2n) is 4.88. The lowest BCUT2D eigenvalue weighted by Crippen LogP contribution is -2.08. The molecule has 20 heavy (non-hydrogen) atoms. The van der Waals surface area contributed by atoms with Gasteiger partial charge in [0.05, 0.1) is 24.2 Å². The number of methoxy groups -OCH3 is 1. The van der Waals surface area contributed by atoms with Crippen LogP contribution in [0.1, 0.15) is 25.6 Å². The normalized spacial score (nSPS) is 11.3. The molecule has 0 amide bonds. The monoisotopic (exact) mass is 276 g/mol. The van der Waals surface area contributed by atoms with Crippen molar-refractivity contribution in [3.05, 3.63) is 30.1 Å². The Labute approximate surface area is 120 Å². The topological polar surface area (TPSA) is 36.3 Å². The highest BCUT2D eigenvalue weighted by Crippen LogP contribution is 2.17. The Bertz CT molecular complexity index is 522. The Morgan fingerprint density at radius 2 is 2.00 bits per heavy atom.